The van der Waals surface area contributed by atoms with E-state index in [1.807, 2.05) is 19.9 Å². The summed E-state index contributed by atoms with van der Waals surface area (Å²) in [5.41, 5.74) is 12.1. The molecule has 2 heterocycles. The summed E-state index contributed by atoms with van der Waals surface area (Å²) in [6.45, 7) is 4.65. The zero-order valence-electron chi connectivity index (χ0n) is 10.7. The Hall–Kier alpha value is -2.09. The van der Waals surface area contributed by atoms with Gasteiger partial charge in [0, 0.05) is 18.3 Å². The summed E-state index contributed by atoms with van der Waals surface area (Å²) in [4.78, 5) is 16.8. The molecule has 2 aromatic heterocycles. The molecule has 7 nitrogen and oxygen atoms in total. The minimum atomic E-state index is 0.340. The number of aryl methyl sites for hydroxylation is 1. The van der Waals surface area contributed by atoms with Crippen LogP contribution < -0.4 is 16.8 Å². The third-order valence-corrected chi connectivity index (χ3v) is 2.89. The first-order chi connectivity index (χ1) is 9.06. The summed E-state index contributed by atoms with van der Waals surface area (Å²) in [6, 6.07) is 3.37. The quantitative estimate of drug-likeness (QED) is 0.566. The van der Waals surface area contributed by atoms with Crippen molar-refractivity contribution in [3.05, 3.63) is 17.8 Å². The highest BCUT2D eigenvalue weighted by molar-refractivity contribution is 7.99. The second kappa shape index (κ2) is 5.70. The van der Waals surface area contributed by atoms with Gasteiger partial charge in [-0.1, -0.05) is 0 Å². The Labute approximate surface area is 115 Å². The lowest BCUT2D eigenvalue weighted by molar-refractivity contribution is 0.956. The summed E-state index contributed by atoms with van der Waals surface area (Å²) in [5.74, 6) is 1.27. The van der Waals surface area contributed by atoms with Gasteiger partial charge in [0.2, 0.25) is 5.95 Å². The van der Waals surface area contributed by atoms with Gasteiger partial charge in [-0.2, -0.15) is 0 Å². The van der Waals surface area contributed by atoms with Crippen molar-refractivity contribution >= 4 is 29.3 Å². The maximum absolute atomic E-state index is 5.63. The first-order valence-electron chi connectivity index (χ1n) is 5.74. The van der Waals surface area contributed by atoms with E-state index >= 15 is 0 Å². The molecule has 0 unspecified atom stereocenters. The maximum atomic E-state index is 5.63. The number of nitrogens with two attached hydrogens (primary N) is 2. The van der Waals surface area contributed by atoms with Gasteiger partial charge in [-0.05, 0) is 31.7 Å². The normalized spacial score (nSPS) is 10.4. The van der Waals surface area contributed by atoms with E-state index in [0.717, 1.165) is 17.3 Å². The monoisotopic (exact) mass is 277 g/mol. The summed E-state index contributed by atoms with van der Waals surface area (Å²) < 4.78 is 0. The van der Waals surface area contributed by atoms with Crippen LogP contribution in [0.15, 0.2) is 22.3 Å². The largest absolute Gasteiger partial charge is 0.383 e. The minimum Gasteiger partial charge on any atom is -0.383 e. The SMILES string of the molecule is CCNc1nc(C)cc(Sc2nc(N)cc(N)n2)n1. The Morgan fingerprint density at radius 2 is 1.79 bits per heavy atom. The van der Waals surface area contributed by atoms with Crippen molar-refractivity contribution in [3.63, 3.8) is 0 Å². The molecule has 100 valence electrons. The van der Waals surface area contributed by atoms with Crippen molar-refractivity contribution in [1.29, 1.82) is 0 Å². The Bertz CT molecular complexity index is 567. The molecule has 0 aromatic carbocycles. The average molecular weight is 277 g/mol. The number of rotatable bonds is 4. The van der Waals surface area contributed by atoms with Crippen molar-refractivity contribution in [1.82, 2.24) is 19.9 Å². The molecule has 0 spiro atoms. The van der Waals surface area contributed by atoms with Crippen molar-refractivity contribution in [3.8, 4) is 0 Å². The Morgan fingerprint density at radius 3 is 2.42 bits per heavy atom. The average Bonchev–Trinajstić information content (AvgIpc) is 2.26. The van der Waals surface area contributed by atoms with E-state index in [4.69, 9.17) is 11.5 Å². The summed E-state index contributed by atoms with van der Waals surface area (Å²) in [6.07, 6.45) is 0. The lowest BCUT2D eigenvalue weighted by Gasteiger charge is -2.06. The van der Waals surface area contributed by atoms with E-state index < -0.39 is 0 Å². The van der Waals surface area contributed by atoms with Crippen LogP contribution in [0.4, 0.5) is 17.6 Å². The molecule has 0 amide bonds. The summed E-state index contributed by atoms with van der Waals surface area (Å²) >= 11 is 1.30. The zero-order valence-corrected chi connectivity index (χ0v) is 11.5. The number of nitrogen functional groups attached to an aromatic ring is 2. The molecule has 2 rings (SSSR count). The molecule has 5 N–H and O–H groups in total. The van der Waals surface area contributed by atoms with Crippen molar-refractivity contribution in [2.45, 2.75) is 24.0 Å². The fourth-order valence-electron chi connectivity index (χ4n) is 1.43. The molecule has 0 aliphatic rings. The molecule has 0 radical (unpaired) electrons. The van der Waals surface area contributed by atoms with E-state index in [-0.39, 0.29) is 0 Å². The van der Waals surface area contributed by atoms with Gasteiger partial charge in [-0.3, -0.25) is 0 Å². The van der Waals surface area contributed by atoms with Crippen LogP contribution in [0, 0.1) is 6.92 Å². The van der Waals surface area contributed by atoms with Crippen LogP contribution in [-0.2, 0) is 0 Å². The van der Waals surface area contributed by atoms with E-state index in [1.54, 1.807) is 0 Å². The van der Waals surface area contributed by atoms with Crippen molar-refractivity contribution in [2.75, 3.05) is 23.3 Å². The van der Waals surface area contributed by atoms with Crippen molar-refractivity contribution in [2.24, 2.45) is 0 Å². The molecule has 0 bridgehead atoms. The van der Waals surface area contributed by atoms with Crippen LogP contribution in [0.3, 0.4) is 0 Å². The molecule has 0 aliphatic heterocycles. The Kier molecular flexibility index (Phi) is 4.00. The lowest BCUT2D eigenvalue weighted by Crippen LogP contribution is -2.04. The highest BCUT2D eigenvalue weighted by atomic mass is 32.2. The maximum Gasteiger partial charge on any atom is 0.223 e. The summed E-state index contributed by atoms with van der Waals surface area (Å²) in [7, 11) is 0. The van der Waals surface area contributed by atoms with Gasteiger partial charge < -0.3 is 16.8 Å². The van der Waals surface area contributed by atoms with E-state index in [9.17, 15) is 0 Å². The zero-order chi connectivity index (χ0) is 13.8. The highest BCUT2D eigenvalue weighted by Gasteiger charge is 2.07. The standard InChI is InChI=1S/C11H15N7S/c1-3-14-10-15-6(2)4-9(18-10)19-11-16-7(12)5-8(13)17-11/h4-5H,3H2,1-2H3,(H,14,15,18)(H4,12,13,16,17). The molecule has 8 heteroatoms. The Balaban J connectivity index is 2.27. The topological polar surface area (TPSA) is 116 Å². The number of anilines is 3. The number of hydrogen-bond acceptors (Lipinski definition) is 8. The lowest BCUT2D eigenvalue weighted by atomic mass is 10.5. The Morgan fingerprint density at radius 1 is 1.11 bits per heavy atom. The van der Waals surface area contributed by atoms with E-state index in [0.29, 0.717) is 22.7 Å². The van der Waals surface area contributed by atoms with Gasteiger partial charge in [0.1, 0.15) is 16.7 Å². The van der Waals surface area contributed by atoms with Crippen LogP contribution in [0.5, 0.6) is 0 Å². The second-order valence-corrected chi connectivity index (χ2v) is 4.79. The van der Waals surface area contributed by atoms with Crippen LogP contribution in [0.2, 0.25) is 0 Å². The predicted molar refractivity (Wildman–Crippen MR) is 75.9 cm³/mol. The molecule has 0 saturated heterocycles. The molecule has 0 fully saturated rings. The van der Waals surface area contributed by atoms with Crippen molar-refractivity contribution < 1.29 is 0 Å². The molecule has 0 aliphatic carbocycles. The van der Waals surface area contributed by atoms with E-state index in [1.165, 1.54) is 17.8 Å². The number of nitrogens with zero attached hydrogens (tertiary/aromatic N) is 4. The molecule has 19 heavy (non-hydrogen) atoms. The molecule has 0 atom stereocenters. The fourth-order valence-corrected chi connectivity index (χ4v) is 2.28. The highest BCUT2D eigenvalue weighted by Crippen LogP contribution is 2.25. The van der Waals surface area contributed by atoms with Gasteiger partial charge >= 0.3 is 0 Å². The van der Waals surface area contributed by atoms with Gasteiger partial charge in [-0.25, -0.2) is 19.9 Å². The van der Waals surface area contributed by atoms with Crippen LogP contribution in [0.25, 0.3) is 0 Å². The van der Waals surface area contributed by atoms with Gasteiger partial charge in [0.25, 0.3) is 0 Å². The third-order valence-electron chi connectivity index (χ3n) is 2.11. The number of nitrogens with one attached hydrogen (secondary N) is 1. The van der Waals surface area contributed by atoms with Gasteiger partial charge in [0.05, 0.1) is 0 Å². The van der Waals surface area contributed by atoms with Crippen LogP contribution >= 0.6 is 11.8 Å². The van der Waals surface area contributed by atoms with Gasteiger partial charge in [-0.15, -0.1) is 0 Å². The molecule has 0 saturated carbocycles. The summed E-state index contributed by atoms with van der Waals surface area (Å²) in [5, 5.41) is 4.29. The van der Waals surface area contributed by atoms with Crippen LogP contribution in [-0.4, -0.2) is 26.5 Å². The fraction of sp³-hybridized carbons (Fsp3) is 0.273. The first kappa shape index (κ1) is 13.3. The third kappa shape index (κ3) is 3.68. The second-order valence-electron chi connectivity index (χ2n) is 3.80. The molecular weight excluding hydrogens is 262 g/mol. The molecular formula is C11H15N7S. The van der Waals surface area contributed by atoms with Crippen LogP contribution in [0.1, 0.15) is 12.6 Å². The smallest absolute Gasteiger partial charge is 0.223 e. The predicted octanol–water partition coefficient (Wildman–Crippen LogP) is 1.32. The number of aromatic nitrogens is 4. The molecule has 2 aromatic rings. The minimum absolute atomic E-state index is 0.340. The first-order valence-corrected chi connectivity index (χ1v) is 6.56. The van der Waals surface area contributed by atoms with E-state index in [2.05, 4.69) is 25.3 Å². The van der Waals surface area contributed by atoms with Gasteiger partial charge in [0.15, 0.2) is 5.16 Å². The number of hydrogen-bond donors (Lipinski definition) is 3.